The Labute approximate surface area is 119 Å². The molecule has 1 aromatic carbocycles. The van der Waals surface area contributed by atoms with E-state index in [2.05, 4.69) is 5.32 Å². The molecule has 0 atom stereocenters. The summed E-state index contributed by atoms with van der Waals surface area (Å²) in [6.45, 7) is 1.52. The van der Waals surface area contributed by atoms with E-state index in [9.17, 15) is 4.79 Å². The molecule has 2 N–H and O–H groups in total. The second-order valence-electron chi connectivity index (χ2n) is 4.35. The van der Waals surface area contributed by atoms with Crippen molar-refractivity contribution in [3.8, 4) is 5.75 Å². The quantitative estimate of drug-likeness (QED) is 0.631. The first-order valence-corrected chi connectivity index (χ1v) is 6.85. The molecule has 5 heteroatoms. The highest BCUT2D eigenvalue weighted by molar-refractivity contribution is 5.76. The van der Waals surface area contributed by atoms with Gasteiger partial charge in [-0.2, -0.15) is 0 Å². The lowest BCUT2D eigenvalue weighted by molar-refractivity contribution is -0.121. The summed E-state index contributed by atoms with van der Waals surface area (Å²) in [5, 5.41) is 11.4. The Morgan fingerprint density at radius 3 is 2.85 bits per heavy atom. The molecule has 0 aliphatic carbocycles. The van der Waals surface area contributed by atoms with Gasteiger partial charge in [-0.25, -0.2) is 0 Å². The number of nitrogens with one attached hydrogen (secondary N) is 1. The molecule has 5 nitrogen and oxygen atoms in total. The van der Waals surface area contributed by atoms with Crippen LogP contribution in [0.15, 0.2) is 24.3 Å². The first kappa shape index (κ1) is 16.5. The molecule has 0 saturated heterocycles. The number of aryl methyl sites for hydroxylation is 1. The van der Waals surface area contributed by atoms with Crippen LogP contribution in [0, 0.1) is 0 Å². The number of hydrogen-bond donors (Lipinski definition) is 2. The lowest BCUT2D eigenvalue weighted by Crippen LogP contribution is -2.25. The molecule has 1 rings (SSSR count). The second-order valence-corrected chi connectivity index (χ2v) is 4.35. The summed E-state index contributed by atoms with van der Waals surface area (Å²) in [5.41, 5.74) is 1.04. The third-order valence-corrected chi connectivity index (χ3v) is 2.84. The third kappa shape index (κ3) is 6.54. The predicted molar refractivity (Wildman–Crippen MR) is 76.8 cm³/mol. The molecule has 0 saturated carbocycles. The molecule has 1 aromatic rings. The van der Waals surface area contributed by atoms with E-state index in [1.54, 1.807) is 7.11 Å². The van der Waals surface area contributed by atoms with Gasteiger partial charge in [0.15, 0.2) is 0 Å². The van der Waals surface area contributed by atoms with Crippen molar-refractivity contribution >= 4 is 5.91 Å². The lowest BCUT2D eigenvalue weighted by Gasteiger charge is -2.08. The zero-order chi connectivity index (χ0) is 14.6. The van der Waals surface area contributed by atoms with E-state index in [1.165, 1.54) is 0 Å². The molecular formula is C15H23NO4. The molecule has 0 bridgehead atoms. The zero-order valence-corrected chi connectivity index (χ0v) is 11.9. The Kier molecular flexibility index (Phi) is 8.42. The normalized spacial score (nSPS) is 10.3. The highest BCUT2D eigenvalue weighted by atomic mass is 16.5. The third-order valence-electron chi connectivity index (χ3n) is 2.84. The van der Waals surface area contributed by atoms with Gasteiger partial charge in [0.2, 0.25) is 5.91 Å². The number of aliphatic hydroxyl groups excluding tert-OH is 1. The summed E-state index contributed by atoms with van der Waals surface area (Å²) >= 11 is 0. The number of carbonyl (C=O) groups is 1. The summed E-state index contributed by atoms with van der Waals surface area (Å²) in [6, 6.07) is 7.71. The van der Waals surface area contributed by atoms with Gasteiger partial charge in [-0.3, -0.25) is 4.79 Å². The SMILES string of the molecule is COc1ccccc1CCC(=O)NCCCOCCO. The summed E-state index contributed by atoms with van der Waals surface area (Å²) in [5.74, 6) is 0.843. The van der Waals surface area contributed by atoms with Crippen molar-refractivity contribution in [3.05, 3.63) is 29.8 Å². The topological polar surface area (TPSA) is 67.8 Å². The average molecular weight is 281 g/mol. The molecule has 0 radical (unpaired) electrons. The largest absolute Gasteiger partial charge is 0.496 e. The highest BCUT2D eigenvalue weighted by Gasteiger charge is 2.05. The number of methoxy groups -OCH3 is 1. The monoisotopic (exact) mass is 281 g/mol. The van der Waals surface area contributed by atoms with Crippen LogP contribution in [0.4, 0.5) is 0 Å². The van der Waals surface area contributed by atoms with Gasteiger partial charge in [0.25, 0.3) is 0 Å². The fourth-order valence-electron chi connectivity index (χ4n) is 1.81. The Balaban J connectivity index is 2.16. The molecule has 0 unspecified atom stereocenters. The van der Waals surface area contributed by atoms with Gasteiger partial charge in [0, 0.05) is 19.6 Å². The smallest absolute Gasteiger partial charge is 0.220 e. The number of para-hydroxylation sites is 1. The molecule has 0 aliphatic rings. The predicted octanol–water partition coefficient (Wildman–Crippen LogP) is 1.14. The van der Waals surface area contributed by atoms with Crippen LogP contribution in [0.1, 0.15) is 18.4 Å². The van der Waals surface area contributed by atoms with Gasteiger partial charge in [0.05, 0.1) is 20.3 Å². The first-order valence-electron chi connectivity index (χ1n) is 6.85. The average Bonchev–Trinajstić information content (AvgIpc) is 2.49. The Morgan fingerprint density at radius 2 is 2.10 bits per heavy atom. The summed E-state index contributed by atoms with van der Waals surface area (Å²) in [4.78, 5) is 11.7. The van der Waals surface area contributed by atoms with Gasteiger partial charge in [0.1, 0.15) is 5.75 Å². The van der Waals surface area contributed by atoms with Gasteiger partial charge >= 0.3 is 0 Å². The van der Waals surface area contributed by atoms with Crippen molar-refractivity contribution in [2.75, 3.05) is 33.5 Å². The van der Waals surface area contributed by atoms with Gasteiger partial charge in [-0.05, 0) is 24.5 Å². The van der Waals surface area contributed by atoms with E-state index in [0.717, 1.165) is 17.7 Å². The Morgan fingerprint density at radius 1 is 1.30 bits per heavy atom. The zero-order valence-electron chi connectivity index (χ0n) is 11.9. The molecule has 0 heterocycles. The molecule has 0 aliphatic heterocycles. The van der Waals surface area contributed by atoms with Crippen LogP contribution < -0.4 is 10.1 Å². The molecule has 1 amide bonds. The van der Waals surface area contributed by atoms with E-state index in [1.807, 2.05) is 24.3 Å². The fourth-order valence-corrected chi connectivity index (χ4v) is 1.81. The Bertz CT molecular complexity index is 395. The number of rotatable bonds is 10. The molecule has 20 heavy (non-hydrogen) atoms. The maximum Gasteiger partial charge on any atom is 0.220 e. The van der Waals surface area contributed by atoms with Gasteiger partial charge in [-0.1, -0.05) is 18.2 Å². The molecule has 0 spiro atoms. The van der Waals surface area contributed by atoms with E-state index in [-0.39, 0.29) is 12.5 Å². The van der Waals surface area contributed by atoms with E-state index >= 15 is 0 Å². The minimum Gasteiger partial charge on any atom is -0.496 e. The van der Waals surface area contributed by atoms with Crippen molar-refractivity contribution in [1.82, 2.24) is 5.32 Å². The summed E-state index contributed by atoms with van der Waals surface area (Å²) < 4.78 is 10.4. The molecular weight excluding hydrogens is 258 g/mol. The molecule has 112 valence electrons. The number of carbonyl (C=O) groups excluding carboxylic acids is 1. The van der Waals surface area contributed by atoms with Crippen LogP contribution in [0.3, 0.4) is 0 Å². The van der Waals surface area contributed by atoms with E-state index in [4.69, 9.17) is 14.6 Å². The van der Waals surface area contributed by atoms with Gasteiger partial charge in [-0.15, -0.1) is 0 Å². The minimum atomic E-state index is 0.0260. The second kappa shape index (κ2) is 10.2. The summed E-state index contributed by atoms with van der Waals surface area (Å²) in [7, 11) is 1.63. The highest BCUT2D eigenvalue weighted by Crippen LogP contribution is 2.18. The van der Waals surface area contributed by atoms with Crippen molar-refractivity contribution < 1.29 is 19.4 Å². The number of ether oxygens (including phenoxy) is 2. The fraction of sp³-hybridized carbons (Fsp3) is 0.533. The van der Waals surface area contributed by atoms with Crippen molar-refractivity contribution in [3.63, 3.8) is 0 Å². The van der Waals surface area contributed by atoms with Crippen LogP contribution in [-0.2, 0) is 16.0 Å². The van der Waals surface area contributed by atoms with E-state index < -0.39 is 0 Å². The van der Waals surface area contributed by atoms with Crippen molar-refractivity contribution in [1.29, 1.82) is 0 Å². The molecule has 0 aromatic heterocycles. The number of amides is 1. The summed E-state index contributed by atoms with van der Waals surface area (Å²) in [6.07, 6.45) is 1.86. The van der Waals surface area contributed by atoms with Gasteiger partial charge < -0.3 is 19.9 Å². The number of aliphatic hydroxyl groups is 1. The van der Waals surface area contributed by atoms with Crippen LogP contribution in [0.5, 0.6) is 5.75 Å². The van der Waals surface area contributed by atoms with Crippen LogP contribution in [0.25, 0.3) is 0 Å². The maximum atomic E-state index is 11.7. The standard InChI is InChI=1S/C15H23NO4/c1-19-14-6-3-2-5-13(14)7-8-15(18)16-9-4-11-20-12-10-17/h2-3,5-6,17H,4,7-12H2,1H3,(H,16,18). The molecule has 0 fully saturated rings. The number of hydrogen-bond acceptors (Lipinski definition) is 4. The van der Waals surface area contributed by atoms with Crippen LogP contribution in [-0.4, -0.2) is 44.5 Å². The van der Waals surface area contributed by atoms with E-state index in [0.29, 0.717) is 32.6 Å². The minimum absolute atomic E-state index is 0.0260. The maximum absolute atomic E-state index is 11.7. The van der Waals surface area contributed by atoms with Crippen molar-refractivity contribution in [2.45, 2.75) is 19.3 Å². The van der Waals surface area contributed by atoms with Crippen LogP contribution >= 0.6 is 0 Å². The van der Waals surface area contributed by atoms with Crippen molar-refractivity contribution in [2.24, 2.45) is 0 Å². The first-order chi connectivity index (χ1) is 9.77. The number of benzene rings is 1. The lowest BCUT2D eigenvalue weighted by atomic mass is 10.1. The Hall–Kier alpha value is -1.59. The van der Waals surface area contributed by atoms with Crippen LogP contribution in [0.2, 0.25) is 0 Å².